The Hall–Kier alpha value is -2.70. The Morgan fingerprint density at radius 2 is 2.00 bits per heavy atom. The van der Waals surface area contributed by atoms with Gasteiger partial charge in [0.05, 0.1) is 11.7 Å². The summed E-state index contributed by atoms with van der Waals surface area (Å²) in [7, 11) is 0. The van der Waals surface area contributed by atoms with E-state index in [1.807, 2.05) is 11.0 Å². The van der Waals surface area contributed by atoms with Crippen LogP contribution in [0.1, 0.15) is 42.6 Å². The summed E-state index contributed by atoms with van der Waals surface area (Å²) in [5.74, 6) is 1.67. The van der Waals surface area contributed by atoms with Gasteiger partial charge in [0, 0.05) is 44.0 Å². The third-order valence-electron chi connectivity index (χ3n) is 6.74. The maximum absolute atomic E-state index is 13.9. The van der Waals surface area contributed by atoms with Crippen LogP contribution in [0.2, 0.25) is 0 Å². The van der Waals surface area contributed by atoms with Crippen molar-refractivity contribution >= 4 is 17.7 Å². The van der Waals surface area contributed by atoms with Crippen LogP contribution < -0.4 is 10.6 Å². The van der Waals surface area contributed by atoms with Gasteiger partial charge in [-0.2, -0.15) is 4.98 Å². The summed E-state index contributed by atoms with van der Waals surface area (Å²) in [4.78, 5) is 25.6. The Kier molecular flexibility index (Phi) is 4.41. The highest BCUT2D eigenvalue weighted by Gasteiger charge is 2.49. The topological polar surface area (TPSA) is 75.4 Å². The Morgan fingerprint density at radius 3 is 2.79 bits per heavy atom. The van der Waals surface area contributed by atoms with Gasteiger partial charge in [0.25, 0.3) is 0 Å². The average Bonchev–Trinajstić information content (AvgIpc) is 3.25. The van der Waals surface area contributed by atoms with Gasteiger partial charge in [0.2, 0.25) is 11.9 Å². The molecule has 2 saturated heterocycles. The first kappa shape index (κ1) is 18.3. The molecule has 7 heteroatoms. The number of halogens is 1. The van der Waals surface area contributed by atoms with Crippen molar-refractivity contribution in [3.8, 4) is 0 Å². The fourth-order valence-electron chi connectivity index (χ4n) is 5.51. The Balaban J connectivity index is 1.48. The molecule has 2 aromatic rings. The molecule has 0 radical (unpaired) electrons. The van der Waals surface area contributed by atoms with Crippen molar-refractivity contribution in [1.29, 1.82) is 0 Å². The van der Waals surface area contributed by atoms with Gasteiger partial charge in [-0.15, -0.1) is 0 Å². The molecule has 0 bridgehead atoms. The van der Waals surface area contributed by atoms with Crippen molar-refractivity contribution in [2.24, 2.45) is 11.8 Å². The van der Waals surface area contributed by atoms with Crippen molar-refractivity contribution in [2.75, 3.05) is 30.3 Å². The molecule has 3 atom stereocenters. The number of fused-ring (bicyclic) bond motifs is 2. The minimum atomic E-state index is -0.262. The van der Waals surface area contributed by atoms with Gasteiger partial charge in [-0.05, 0) is 43.4 Å². The molecule has 6 nitrogen and oxygen atoms in total. The van der Waals surface area contributed by atoms with E-state index in [-0.39, 0.29) is 23.7 Å². The van der Waals surface area contributed by atoms with Crippen LogP contribution in [-0.4, -0.2) is 40.4 Å². The van der Waals surface area contributed by atoms with Gasteiger partial charge in [-0.3, -0.25) is 4.79 Å². The number of nitrogens with two attached hydrogens (primary N) is 1. The number of hydrogen-bond acceptors (Lipinski definition) is 5. The predicted molar refractivity (Wildman–Crippen MR) is 109 cm³/mol. The fraction of sp³-hybridized carbons (Fsp3) is 0.500. The summed E-state index contributed by atoms with van der Waals surface area (Å²) in [6, 6.07) is 6.57. The number of aromatic nitrogens is 2. The van der Waals surface area contributed by atoms with Crippen LogP contribution in [0.4, 0.5) is 16.2 Å². The lowest BCUT2D eigenvalue weighted by Gasteiger charge is -2.30. The largest absolute Gasteiger partial charge is 0.368 e. The van der Waals surface area contributed by atoms with E-state index in [1.165, 1.54) is 11.6 Å². The van der Waals surface area contributed by atoms with Gasteiger partial charge in [-0.25, -0.2) is 9.37 Å². The van der Waals surface area contributed by atoms with Crippen LogP contribution in [0, 0.1) is 17.7 Å². The highest BCUT2D eigenvalue weighted by Crippen LogP contribution is 2.46. The lowest BCUT2D eigenvalue weighted by atomic mass is 9.89. The molecular weight excluding hydrogens is 369 g/mol. The van der Waals surface area contributed by atoms with Crippen LogP contribution in [-0.2, 0) is 17.6 Å². The van der Waals surface area contributed by atoms with E-state index in [4.69, 9.17) is 5.73 Å². The minimum Gasteiger partial charge on any atom is -0.368 e. The monoisotopic (exact) mass is 395 g/mol. The van der Waals surface area contributed by atoms with Gasteiger partial charge < -0.3 is 15.5 Å². The van der Waals surface area contributed by atoms with Crippen LogP contribution in [0.5, 0.6) is 0 Å². The zero-order valence-corrected chi connectivity index (χ0v) is 16.6. The molecule has 29 heavy (non-hydrogen) atoms. The van der Waals surface area contributed by atoms with E-state index >= 15 is 0 Å². The second-order valence-corrected chi connectivity index (χ2v) is 8.54. The number of amides is 1. The van der Waals surface area contributed by atoms with Crippen LogP contribution in [0.25, 0.3) is 0 Å². The normalized spacial score (nSPS) is 25.8. The third-order valence-corrected chi connectivity index (χ3v) is 6.74. The van der Waals surface area contributed by atoms with Crippen molar-refractivity contribution in [3.05, 3.63) is 46.9 Å². The molecule has 1 aromatic carbocycles. The number of nitrogen functional groups attached to an aromatic ring is 1. The fourth-order valence-corrected chi connectivity index (χ4v) is 5.51. The summed E-state index contributed by atoms with van der Waals surface area (Å²) in [6.07, 6.45) is 4.24. The molecule has 0 unspecified atom stereocenters. The molecule has 152 valence electrons. The first-order valence-corrected chi connectivity index (χ1v) is 10.4. The molecule has 1 aromatic heterocycles. The number of anilines is 2. The van der Waals surface area contributed by atoms with Gasteiger partial charge in [0.15, 0.2) is 0 Å². The second kappa shape index (κ2) is 6.97. The van der Waals surface area contributed by atoms with Gasteiger partial charge in [0.1, 0.15) is 11.6 Å². The molecule has 0 spiro atoms. The average molecular weight is 395 g/mol. The third kappa shape index (κ3) is 3.12. The number of hydrogen-bond donors (Lipinski definition) is 1. The molecule has 2 aliphatic heterocycles. The van der Waals surface area contributed by atoms with Gasteiger partial charge >= 0.3 is 0 Å². The van der Waals surface area contributed by atoms with E-state index < -0.39 is 0 Å². The maximum atomic E-state index is 13.9. The summed E-state index contributed by atoms with van der Waals surface area (Å²) in [6.45, 7) is 3.93. The highest BCUT2D eigenvalue weighted by atomic mass is 19.1. The number of nitrogens with zero attached hydrogens (tertiary/aromatic N) is 4. The van der Waals surface area contributed by atoms with E-state index in [9.17, 15) is 9.18 Å². The number of benzene rings is 1. The smallest absolute Gasteiger partial charge is 0.222 e. The van der Waals surface area contributed by atoms with E-state index in [2.05, 4.69) is 14.9 Å². The van der Waals surface area contributed by atoms with E-state index in [0.29, 0.717) is 18.4 Å². The van der Waals surface area contributed by atoms with E-state index in [1.54, 1.807) is 19.1 Å². The number of aryl methyl sites for hydroxylation is 1. The van der Waals surface area contributed by atoms with Crippen molar-refractivity contribution in [3.63, 3.8) is 0 Å². The molecule has 5 rings (SSSR count). The van der Waals surface area contributed by atoms with Crippen molar-refractivity contribution in [1.82, 2.24) is 14.9 Å². The molecular formula is C22H26FN5O. The first-order valence-electron chi connectivity index (χ1n) is 10.4. The molecule has 0 saturated carbocycles. The maximum Gasteiger partial charge on any atom is 0.222 e. The summed E-state index contributed by atoms with van der Waals surface area (Å²) >= 11 is 0. The number of carbonyl (C=O) groups excluding carboxylic acids is 1. The number of likely N-dealkylation sites (tertiary alicyclic amines) is 1. The summed E-state index contributed by atoms with van der Waals surface area (Å²) in [5.41, 5.74) is 9.21. The lowest BCUT2D eigenvalue weighted by Crippen LogP contribution is -2.35. The lowest BCUT2D eigenvalue weighted by molar-refractivity contribution is -0.130. The predicted octanol–water partition coefficient (Wildman–Crippen LogP) is 2.73. The van der Waals surface area contributed by atoms with Gasteiger partial charge in [-0.1, -0.05) is 12.1 Å². The molecule has 2 fully saturated rings. The zero-order valence-electron chi connectivity index (χ0n) is 16.6. The molecule has 1 amide bonds. The molecule has 1 aliphatic carbocycles. The van der Waals surface area contributed by atoms with Crippen LogP contribution >= 0.6 is 0 Å². The number of carbonyl (C=O) groups is 1. The Labute approximate surface area is 169 Å². The number of rotatable bonds is 2. The second-order valence-electron chi connectivity index (χ2n) is 8.54. The molecule has 2 N–H and O–H groups in total. The highest BCUT2D eigenvalue weighted by molar-refractivity contribution is 5.74. The first-order chi connectivity index (χ1) is 14.0. The van der Waals surface area contributed by atoms with Crippen molar-refractivity contribution in [2.45, 2.75) is 38.6 Å². The Bertz CT molecular complexity index is 964. The van der Waals surface area contributed by atoms with Crippen LogP contribution in [0.15, 0.2) is 24.3 Å². The Morgan fingerprint density at radius 1 is 1.17 bits per heavy atom. The molecule has 3 heterocycles. The minimum absolute atomic E-state index is 0.0453. The van der Waals surface area contributed by atoms with E-state index in [0.717, 1.165) is 55.8 Å². The zero-order chi connectivity index (χ0) is 20.1. The summed E-state index contributed by atoms with van der Waals surface area (Å²) < 4.78 is 13.9. The SMILES string of the molecule is CC(=O)N1C[C@H]2CN(c3nc(N)nc4c3CCCC4)C[C@H]2[C@@H]1c1cccc(F)c1. The summed E-state index contributed by atoms with van der Waals surface area (Å²) in [5, 5.41) is 0. The standard InChI is InChI=1S/C22H26FN5O/c1-13(29)28-11-15-10-27(12-18(15)20(28)14-5-4-6-16(23)9-14)21-17-7-2-3-8-19(17)25-22(24)26-21/h4-6,9,15,18,20H,2-3,7-8,10-12H2,1H3,(H2,24,25,26)/t15-,18-,20+/m1/s1. The quantitative estimate of drug-likeness (QED) is 0.846. The molecule has 3 aliphatic rings. The van der Waals surface area contributed by atoms with Crippen molar-refractivity contribution < 1.29 is 9.18 Å². The van der Waals surface area contributed by atoms with Crippen LogP contribution in [0.3, 0.4) is 0 Å².